The van der Waals surface area contributed by atoms with Gasteiger partial charge in [0.15, 0.2) is 0 Å². The van der Waals surface area contributed by atoms with Crippen molar-refractivity contribution in [1.29, 1.82) is 0 Å². The third-order valence-electron chi connectivity index (χ3n) is 4.13. The lowest BCUT2D eigenvalue weighted by Crippen LogP contribution is -2.09. The van der Waals surface area contributed by atoms with Gasteiger partial charge in [-0.2, -0.15) is 0 Å². The van der Waals surface area contributed by atoms with Gasteiger partial charge >= 0.3 is 0 Å². The molecule has 0 bridgehead atoms. The number of aromatic nitrogens is 3. The second-order valence-corrected chi connectivity index (χ2v) is 5.81. The predicted octanol–water partition coefficient (Wildman–Crippen LogP) is 3.83. The van der Waals surface area contributed by atoms with Crippen LogP contribution < -0.4 is 0 Å². The standard InChI is InChI=1S/C20H17N3O/c24-20(18-11-10-15-6-4-5-9-17(15)12-18)14-23-13-19(21-22-23)16-7-2-1-3-8-16/h1-13,20,24H,14H2/t20-/m1/s1. The van der Waals surface area contributed by atoms with Crippen LogP contribution in [0.3, 0.4) is 0 Å². The van der Waals surface area contributed by atoms with Crippen LogP contribution in [0.4, 0.5) is 0 Å². The molecule has 4 rings (SSSR count). The van der Waals surface area contributed by atoms with E-state index in [2.05, 4.69) is 22.4 Å². The van der Waals surface area contributed by atoms with Gasteiger partial charge < -0.3 is 5.11 Å². The highest BCUT2D eigenvalue weighted by molar-refractivity contribution is 5.83. The molecule has 0 unspecified atom stereocenters. The summed E-state index contributed by atoms with van der Waals surface area (Å²) in [6.07, 6.45) is 1.24. The summed E-state index contributed by atoms with van der Waals surface area (Å²) in [5.74, 6) is 0. The maximum atomic E-state index is 10.5. The summed E-state index contributed by atoms with van der Waals surface area (Å²) in [6.45, 7) is 0.373. The highest BCUT2D eigenvalue weighted by Gasteiger charge is 2.11. The van der Waals surface area contributed by atoms with E-state index in [0.717, 1.165) is 22.2 Å². The Bertz CT molecular complexity index is 963. The number of benzene rings is 3. The van der Waals surface area contributed by atoms with Gasteiger partial charge in [-0.1, -0.05) is 71.9 Å². The summed E-state index contributed by atoms with van der Waals surface area (Å²) in [7, 11) is 0. The van der Waals surface area contributed by atoms with E-state index in [1.165, 1.54) is 5.39 Å². The minimum Gasteiger partial charge on any atom is -0.386 e. The van der Waals surface area contributed by atoms with Crippen molar-refractivity contribution in [2.45, 2.75) is 12.6 Å². The fourth-order valence-corrected chi connectivity index (χ4v) is 2.83. The normalized spacial score (nSPS) is 12.4. The van der Waals surface area contributed by atoms with Crippen molar-refractivity contribution >= 4 is 10.8 Å². The van der Waals surface area contributed by atoms with Crippen LogP contribution in [-0.4, -0.2) is 20.1 Å². The van der Waals surface area contributed by atoms with Gasteiger partial charge in [0.1, 0.15) is 5.69 Å². The second-order valence-electron chi connectivity index (χ2n) is 5.81. The molecular weight excluding hydrogens is 298 g/mol. The number of nitrogens with zero attached hydrogens (tertiary/aromatic N) is 3. The first-order chi connectivity index (χ1) is 11.8. The fourth-order valence-electron chi connectivity index (χ4n) is 2.83. The SMILES string of the molecule is O[C@H](Cn1cc(-c2ccccc2)nn1)c1ccc2ccccc2c1. The number of fused-ring (bicyclic) bond motifs is 1. The molecule has 0 fully saturated rings. The van der Waals surface area contributed by atoms with E-state index in [9.17, 15) is 5.11 Å². The van der Waals surface area contributed by atoms with E-state index in [1.807, 2.05) is 66.9 Å². The van der Waals surface area contributed by atoms with Crippen molar-refractivity contribution in [1.82, 2.24) is 15.0 Å². The Morgan fingerprint density at radius 1 is 0.875 bits per heavy atom. The van der Waals surface area contributed by atoms with Gasteiger partial charge in [0.25, 0.3) is 0 Å². The molecule has 0 aliphatic rings. The van der Waals surface area contributed by atoms with E-state index in [4.69, 9.17) is 0 Å². The average molecular weight is 315 g/mol. The van der Waals surface area contributed by atoms with Gasteiger partial charge in [-0.05, 0) is 22.4 Å². The zero-order valence-corrected chi connectivity index (χ0v) is 13.1. The lowest BCUT2D eigenvalue weighted by Gasteiger charge is -2.11. The molecule has 4 aromatic rings. The highest BCUT2D eigenvalue weighted by atomic mass is 16.3. The van der Waals surface area contributed by atoms with E-state index in [1.54, 1.807) is 4.68 Å². The minimum absolute atomic E-state index is 0.373. The maximum Gasteiger partial charge on any atom is 0.113 e. The van der Waals surface area contributed by atoms with E-state index < -0.39 is 6.10 Å². The summed E-state index contributed by atoms with van der Waals surface area (Å²) in [5.41, 5.74) is 2.70. The Hall–Kier alpha value is -2.98. The van der Waals surface area contributed by atoms with E-state index in [-0.39, 0.29) is 0 Å². The first-order valence-corrected chi connectivity index (χ1v) is 7.92. The van der Waals surface area contributed by atoms with Crippen LogP contribution >= 0.6 is 0 Å². The smallest absolute Gasteiger partial charge is 0.113 e. The minimum atomic E-state index is -0.625. The van der Waals surface area contributed by atoms with E-state index >= 15 is 0 Å². The Morgan fingerprint density at radius 3 is 2.46 bits per heavy atom. The Balaban J connectivity index is 1.55. The van der Waals surface area contributed by atoms with Gasteiger partial charge in [0.05, 0.1) is 18.8 Å². The van der Waals surface area contributed by atoms with Crippen molar-refractivity contribution in [3.63, 3.8) is 0 Å². The number of aliphatic hydroxyl groups is 1. The summed E-state index contributed by atoms with van der Waals surface area (Å²) >= 11 is 0. The van der Waals surface area contributed by atoms with Crippen LogP contribution in [0.25, 0.3) is 22.0 Å². The van der Waals surface area contributed by atoms with Crippen LogP contribution in [0.15, 0.2) is 79.0 Å². The quantitative estimate of drug-likeness (QED) is 0.622. The first-order valence-electron chi connectivity index (χ1n) is 7.92. The predicted molar refractivity (Wildman–Crippen MR) is 94.4 cm³/mol. The molecule has 0 saturated heterocycles. The van der Waals surface area contributed by atoms with Gasteiger partial charge in [-0.3, -0.25) is 0 Å². The monoisotopic (exact) mass is 315 g/mol. The van der Waals surface area contributed by atoms with Crippen molar-refractivity contribution in [3.05, 3.63) is 84.6 Å². The lowest BCUT2D eigenvalue weighted by atomic mass is 10.0. The number of hydrogen-bond acceptors (Lipinski definition) is 3. The Kier molecular flexibility index (Phi) is 3.81. The molecule has 4 nitrogen and oxygen atoms in total. The molecule has 24 heavy (non-hydrogen) atoms. The molecule has 0 aliphatic heterocycles. The number of aliphatic hydroxyl groups excluding tert-OH is 1. The maximum absolute atomic E-state index is 10.5. The Morgan fingerprint density at radius 2 is 1.62 bits per heavy atom. The average Bonchev–Trinajstić information content (AvgIpc) is 3.10. The molecular formula is C20H17N3O. The fraction of sp³-hybridized carbons (Fsp3) is 0.100. The second kappa shape index (κ2) is 6.26. The molecule has 1 atom stereocenters. The van der Waals surface area contributed by atoms with Crippen LogP contribution in [0.5, 0.6) is 0 Å². The molecule has 0 spiro atoms. The highest BCUT2D eigenvalue weighted by Crippen LogP contribution is 2.22. The molecule has 1 N–H and O–H groups in total. The molecule has 1 aromatic heterocycles. The zero-order chi connectivity index (χ0) is 16.4. The molecule has 0 saturated carbocycles. The van der Waals surface area contributed by atoms with Gasteiger partial charge in [-0.15, -0.1) is 5.10 Å². The van der Waals surface area contributed by atoms with Crippen LogP contribution in [0.2, 0.25) is 0 Å². The van der Waals surface area contributed by atoms with E-state index in [0.29, 0.717) is 6.54 Å². The van der Waals surface area contributed by atoms with Crippen molar-refractivity contribution in [3.8, 4) is 11.3 Å². The topological polar surface area (TPSA) is 50.9 Å². The van der Waals surface area contributed by atoms with Crippen LogP contribution in [-0.2, 0) is 6.54 Å². The summed E-state index contributed by atoms with van der Waals surface area (Å²) in [4.78, 5) is 0. The molecule has 0 aliphatic carbocycles. The molecule has 118 valence electrons. The third kappa shape index (κ3) is 2.92. The van der Waals surface area contributed by atoms with Gasteiger partial charge in [0.2, 0.25) is 0 Å². The molecule has 0 amide bonds. The van der Waals surface area contributed by atoms with Crippen molar-refractivity contribution in [2.24, 2.45) is 0 Å². The van der Waals surface area contributed by atoms with Gasteiger partial charge in [0, 0.05) is 5.56 Å². The van der Waals surface area contributed by atoms with Crippen LogP contribution in [0, 0.1) is 0 Å². The third-order valence-corrected chi connectivity index (χ3v) is 4.13. The Labute approximate surface area is 140 Å². The molecule has 1 heterocycles. The number of hydrogen-bond donors (Lipinski definition) is 1. The first kappa shape index (κ1) is 14.6. The zero-order valence-electron chi connectivity index (χ0n) is 13.1. The van der Waals surface area contributed by atoms with Crippen molar-refractivity contribution < 1.29 is 5.11 Å². The molecule has 0 radical (unpaired) electrons. The molecule has 4 heteroatoms. The van der Waals surface area contributed by atoms with Crippen molar-refractivity contribution in [2.75, 3.05) is 0 Å². The van der Waals surface area contributed by atoms with Crippen LogP contribution in [0.1, 0.15) is 11.7 Å². The summed E-state index contributed by atoms with van der Waals surface area (Å²) in [6, 6.07) is 24.0. The number of rotatable bonds is 4. The summed E-state index contributed by atoms with van der Waals surface area (Å²) in [5, 5.41) is 21.1. The largest absolute Gasteiger partial charge is 0.386 e. The lowest BCUT2D eigenvalue weighted by molar-refractivity contribution is 0.151. The summed E-state index contributed by atoms with van der Waals surface area (Å²) < 4.78 is 1.68. The van der Waals surface area contributed by atoms with Gasteiger partial charge in [-0.25, -0.2) is 4.68 Å². The molecule has 3 aromatic carbocycles.